The number of carbonyl (C=O) groups is 2. The molecule has 6 nitrogen and oxygen atoms in total. The van der Waals surface area contributed by atoms with Crippen LogP contribution in [-0.4, -0.2) is 36.2 Å². The van der Waals surface area contributed by atoms with Gasteiger partial charge in [-0.05, 0) is 32.0 Å². The summed E-state index contributed by atoms with van der Waals surface area (Å²) in [6, 6.07) is 6.37. The van der Waals surface area contributed by atoms with Crippen LogP contribution in [0.3, 0.4) is 0 Å². The topological polar surface area (TPSA) is 87.7 Å². The summed E-state index contributed by atoms with van der Waals surface area (Å²) in [4.78, 5) is 22.5. The Hall–Kier alpha value is -2.08. The zero-order valence-electron chi connectivity index (χ0n) is 11.0. The van der Waals surface area contributed by atoms with Crippen LogP contribution in [0.15, 0.2) is 24.3 Å². The van der Waals surface area contributed by atoms with E-state index in [1.54, 1.807) is 38.1 Å². The fourth-order valence-corrected chi connectivity index (χ4v) is 1.46. The molecule has 0 bridgehead atoms. The summed E-state index contributed by atoms with van der Waals surface area (Å²) in [5.41, 5.74) is 1.22. The Morgan fingerprint density at radius 2 is 2.05 bits per heavy atom. The second-order valence-corrected chi connectivity index (χ2v) is 3.91. The largest absolute Gasteiger partial charge is 0.464 e. The number of anilines is 2. The van der Waals surface area contributed by atoms with Gasteiger partial charge in [-0.15, -0.1) is 0 Å². The van der Waals surface area contributed by atoms with E-state index in [1.807, 2.05) is 0 Å². The van der Waals surface area contributed by atoms with E-state index >= 15 is 0 Å². The van der Waals surface area contributed by atoms with Gasteiger partial charge in [0.1, 0.15) is 12.6 Å². The van der Waals surface area contributed by atoms with Crippen LogP contribution >= 0.6 is 0 Å². The van der Waals surface area contributed by atoms with Crippen LogP contribution in [0.25, 0.3) is 0 Å². The van der Waals surface area contributed by atoms with Gasteiger partial charge >= 0.3 is 5.97 Å². The number of amides is 1. The lowest BCUT2D eigenvalue weighted by molar-refractivity contribution is -0.143. The maximum Gasteiger partial charge on any atom is 0.328 e. The maximum atomic E-state index is 11.5. The summed E-state index contributed by atoms with van der Waals surface area (Å²) in [6.07, 6.45) is 0. The summed E-state index contributed by atoms with van der Waals surface area (Å²) in [7, 11) is 0. The number of esters is 1. The molecule has 104 valence electrons. The molecule has 0 aliphatic rings. The Bertz CT molecular complexity index is 448. The number of aliphatic hydroxyl groups is 1. The van der Waals surface area contributed by atoms with E-state index in [4.69, 9.17) is 9.84 Å². The minimum atomic E-state index is -0.573. The van der Waals surface area contributed by atoms with Crippen molar-refractivity contribution in [3.8, 4) is 0 Å². The summed E-state index contributed by atoms with van der Waals surface area (Å²) < 4.78 is 4.88. The minimum Gasteiger partial charge on any atom is -0.464 e. The van der Waals surface area contributed by atoms with Crippen molar-refractivity contribution >= 4 is 23.3 Å². The fourth-order valence-electron chi connectivity index (χ4n) is 1.46. The molecule has 1 aromatic rings. The first kappa shape index (κ1) is 15.0. The Labute approximate surface area is 111 Å². The Balaban J connectivity index is 2.66. The van der Waals surface area contributed by atoms with Gasteiger partial charge in [0.05, 0.1) is 6.61 Å². The molecule has 1 aromatic carbocycles. The Morgan fingerprint density at radius 1 is 1.37 bits per heavy atom. The first-order valence-electron chi connectivity index (χ1n) is 6.00. The molecule has 0 heterocycles. The molecule has 0 aromatic heterocycles. The predicted octanol–water partition coefficient (Wildman–Crippen LogP) is 0.981. The molecule has 0 unspecified atom stereocenters. The summed E-state index contributed by atoms with van der Waals surface area (Å²) >= 11 is 0. The van der Waals surface area contributed by atoms with Crippen molar-refractivity contribution in [2.75, 3.05) is 23.8 Å². The van der Waals surface area contributed by atoms with Gasteiger partial charge < -0.3 is 20.5 Å². The Kier molecular flexibility index (Phi) is 5.81. The smallest absolute Gasteiger partial charge is 0.328 e. The molecule has 0 fully saturated rings. The molecule has 3 N–H and O–H groups in total. The third-order valence-electron chi connectivity index (χ3n) is 2.31. The van der Waals surface area contributed by atoms with Gasteiger partial charge in [-0.3, -0.25) is 4.79 Å². The minimum absolute atomic E-state index is 0.331. The van der Waals surface area contributed by atoms with Gasteiger partial charge in [0.25, 0.3) is 0 Å². The lowest BCUT2D eigenvalue weighted by Gasteiger charge is -2.14. The van der Waals surface area contributed by atoms with Gasteiger partial charge in [-0.1, -0.05) is 6.07 Å². The van der Waals surface area contributed by atoms with Crippen molar-refractivity contribution in [3.05, 3.63) is 24.3 Å². The van der Waals surface area contributed by atoms with Crippen molar-refractivity contribution in [1.82, 2.24) is 0 Å². The first-order chi connectivity index (χ1) is 9.06. The van der Waals surface area contributed by atoms with Crippen LogP contribution < -0.4 is 10.6 Å². The standard InChI is InChI=1S/C13H18N2O4/c1-3-19-13(18)9(2)14-10-5-4-6-11(7-10)15-12(17)8-16/h4-7,9,14,16H,3,8H2,1-2H3,(H,15,17)/t9-/m0/s1. The number of rotatable bonds is 6. The molecule has 1 atom stereocenters. The van der Waals surface area contributed by atoms with Crippen LogP contribution in [0.1, 0.15) is 13.8 Å². The molecular weight excluding hydrogens is 248 g/mol. The second-order valence-electron chi connectivity index (χ2n) is 3.91. The lowest BCUT2D eigenvalue weighted by Crippen LogP contribution is -2.28. The maximum absolute atomic E-state index is 11.5. The van der Waals surface area contributed by atoms with E-state index in [2.05, 4.69) is 10.6 Å². The van der Waals surface area contributed by atoms with Crippen molar-refractivity contribution in [2.45, 2.75) is 19.9 Å². The van der Waals surface area contributed by atoms with Gasteiger partial charge in [-0.25, -0.2) is 4.79 Å². The van der Waals surface area contributed by atoms with E-state index in [0.717, 1.165) is 0 Å². The van der Waals surface area contributed by atoms with Crippen LogP contribution in [0.5, 0.6) is 0 Å². The number of aliphatic hydroxyl groups excluding tert-OH is 1. The molecule has 0 aliphatic heterocycles. The summed E-state index contributed by atoms with van der Waals surface area (Å²) in [5, 5.41) is 14.1. The van der Waals surface area contributed by atoms with E-state index in [1.165, 1.54) is 0 Å². The second kappa shape index (κ2) is 7.38. The number of carbonyl (C=O) groups excluding carboxylic acids is 2. The van der Waals surface area contributed by atoms with Crippen molar-refractivity contribution in [1.29, 1.82) is 0 Å². The molecule has 0 radical (unpaired) electrons. The zero-order valence-corrected chi connectivity index (χ0v) is 11.0. The fraction of sp³-hybridized carbons (Fsp3) is 0.385. The van der Waals surface area contributed by atoms with Crippen molar-refractivity contribution in [2.24, 2.45) is 0 Å². The van der Waals surface area contributed by atoms with E-state index in [0.29, 0.717) is 18.0 Å². The number of hydrogen-bond acceptors (Lipinski definition) is 5. The van der Waals surface area contributed by atoms with Crippen LogP contribution in [-0.2, 0) is 14.3 Å². The molecule has 1 amide bonds. The number of hydrogen-bond donors (Lipinski definition) is 3. The average Bonchev–Trinajstić information content (AvgIpc) is 2.39. The van der Waals surface area contributed by atoms with Gasteiger partial charge in [0.2, 0.25) is 5.91 Å². The number of ether oxygens (including phenoxy) is 1. The van der Waals surface area contributed by atoms with E-state index in [-0.39, 0.29) is 5.97 Å². The highest BCUT2D eigenvalue weighted by atomic mass is 16.5. The summed E-state index contributed by atoms with van der Waals surface area (Å²) in [6.45, 7) is 3.20. The van der Waals surface area contributed by atoms with Gasteiger partial charge in [-0.2, -0.15) is 0 Å². The lowest BCUT2D eigenvalue weighted by atomic mass is 10.2. The third kappa shape index (κ3) is 4.97. The van der Waals surface area contributed by atoms with Crippen LogP contribution in [0, 0.1) is 0 Å². The molecule has 1 rings (SSSR count). The quantitative estimate of drug-likeness (QED) is 0.668. The zero-order chi connectivity index (χ0) is 14.3. The molecular formula is C13H18N2O4. The van der Waals surface area contributed by atoms with E-state index < -0.39 is 18.6 Å². The van der Waals surface area contributed by atoms with Gasteiger partial charge in [0, 0.05) is 11.4 Å². The molecule has 0 saturated carbocycles. The highest BCUT2D eigenvalue weighted by molar-refractivity contribution is 5.92. The normalized spacial score (nSPS) is 11.5. The highest BCUT2D eigenvalue weighted by Crippen LogP contribution is 2.16. The highest BCUT2D eigenvalue weighted by Gasteiger charge is 2.13. The average molecular weight is 266 g/mol. The molecule has 6 heteroatoms. The molecule has 0 aliphatic carbocycles. The number of benzene rings is 1. The van der Waals surface area contributed by atoms with Crippen LogP contribution in [0.2, 0.25) is 0 Å². The molecule has 19 heavy (non-hydrogen) atoms. The number of nitrogens with one attached hydrogen (secondary N) is 2. The van der Waals surface area contributed by atoms with Crippen molar-refractivity contribution < 1.29 is 19.4 Å². The SMILES string of the molecule is CCOC(=O)[C@H](C)Nc1cccc(NC(=O)CO)c1. The van der Waals surface area contributed by atoms with Crippen LogP contribution in [0.4, 0.5) is 11.4 Å². The predicted molar refractivity (Wildman–Crippen MR) is 71.9 cm³/mol. The Morgan fingerprint density at radius 3 is 2.68 bits per heavy atom. The first-order valence-corrected chi connectivity index (χ1v) is 6.00. The third-order valence-corrected chi connectivity index (χ3v) is 2.31. The van der Waals surface area contributed by atoms with Crippen molar-refractivity contribution in [3.63, 3.8) is 0 Å². The molecule has 0 spiro atoms. The van der Waals surface area contributed by atoms with Gasteiger partial charge in [0.15, 0.2) is 0 Å². The monoisotopic (exact) mass is 266 g/mol. The summed E-state index contributed by atoms with van der Waals surface area (Å²) in [5.74, 6) is -0.831. The molecule has 0 saturated heterocycles. The van der Waals surface area contributed by atoms with E-state index in [9.17, 15) is 9.59 Å².